The highest BCUT2D eigenvalue weighted by atomic mass is 16.6. The first-order valence-electron chi connectivity index (χ1n) is 8.83. The van der Waals surface area contributed by atoms with Crippen molar-refractivity contribution in [1.29, 1.82) is 0 Å². The van der Waals surface area contributed by atoms with Crippen LogP contribution in [0, 0.1) is 5.92 Å². The zero-order valence-electron chi connectivity index (χ0n) is 14.9. The fourth-order valence-corrected chi connectivity index (χ4v) is 3.33. The van der Waals surface area contributed by atoms with Gasteiger partial charge in [-0.1, -0.05) is 39.3 Å². The van der Waals surface area contributed by atoms with Crippen LogP contribution in [0.3, 0.4) is 0 Å². The molecule has 0 bridgehead atoms. The topological polar surface area (TPSA) is 75.6 Å². The van der Waals surface area contributed by atoms with Crippen LogP contribution in [0.4, 0.5) is 0 Å². The second-order valence-corrected chi connectivity index (χ2v) is 6.15. The first-order valence-corrected chi connectivity index (χ1v) is 8.83. The third-order valence-electron chi connectivity index (χ3n) is 4.79. The van der Waals surface area contributed by atoms with Crippen molar-refractivity contribution in [1.82, 2.24) is 5.32 Å². The first kappa shape index (κ1) is 19.7. The molecule has 1 amide bonds. The third-order valence-corrected chi connectivity index (χ3v) is 4.79. The van der Waals surface area contributed by atoms with Crippen molar-refractivity contribution in [2.75, 3.05) is 6.61 Å². The molecule has 132 valence electrons. The summed E-state index contributed by atoms with van der Waals surface area (Å²) in [6.07, 6.45) is 11.5. The van der Waals surface area contributed by atoms with E-state index >= 15 is 0 Å². The van der Waals surface area contributed by atoms with Gasteiger partial charge in [-0.2, -0.15) is 0 Å². The van der Waals surface area contributed by atoms with Gasteiger partial charge in [-0.25, -0.2) is 4.79 Å². The number of rotatable bonds is 3. The number of amides is 1. The molecule has 1 unspecified atom stereocenters. The van der Waals surface area contributed by atoms with Crippen LogP contribution in [0.2, 0.25) is 0 Å². The molecular formula is C18H31NO4. The van der Waals surface area contributed by atoms with Crippen molar-refractivity contribution in [3.63, 3.8) is 0 Å². The van der Waals surface area contributed by atoms with E-state index in [2.05, 4.69) is 17.5 Å². The molecular weight excluding hydrogens is 294 g/mol. The molecule has 0 saturated carbocycles. The molecule has 3 atom stereocenters. The maximum absolute atomic E-state index is 11.7. The van der Waals surface area contributed by atoms with Gasteiger partial charge in [0.1, 0.15) is 0 Å². The minimum Gasteiger partial charge on any atom is -0.453 e. The number of ether oxygens (including phenoxy) is 1. The Morgan fingerprint density at radius 2 is 1.83 bits per heavy atom. The van der Waals surface area contributed by atoms with E-state index in [1.807, 2.05) is 20.8 Å². The van der Waals surface area contributed by atoms with E-state index in [4.69, 9.17) is 4.74 Å². The number of allylic oxidation sites excluding steroid dienone is 2. The minimum atomic E-state index is -1.19. The molecule has 2 fully saturated rings. The van der Waals surface area contributed by atoms with Gasteiger partial charge in [-0.3, -0.25) is 4.79 Å². The van der Waals surface area contributed by atoms with E-state index in [-0.39, 0.29) is 11.8 Å². The van der Waals surface area contributed by atoms with Crippen molar-refractivity contribution in [3.8, 4) is 0 Å². The highest BCUT2D eigenvalue weighted by Crippen LogP contribution is 2.49. The summed E-state index contributed by atoms with van der Waals surface area (Å²) in [7, 11) is 0. The van der Waals surface area contributed by atoms with Gasteiger partial charge >= 0.3 is 5.97 Å². The van der Waals surface area contributed by atoms with Gasteiger partial charge in [0.05, 0.1) is 12.5 Å². The number of hydrogen-bond acceptors (Lipinski definition) is 4. The quantitative estimate of drug-likeness (QED) is 0.618. The Balaban J connectivity index is 0.000000276. The fourth-order valence-electron chi connectivity index (χ4n) is 3.33. The van der Waals surface area contributed by atoms with E-state index in [1.165, 1.54) is 25.7 Å². The van der Waals surface area contributed by atoms with Crippen LogP contribution in [0.15, 0.2) is 12.2 Å². The smallest absolute Gasteiger partial charge is 0.339 e. The number of carbonyl (C=O) groups is 2. The monoisotopic (exact) mass is 325 g/mol. The summed E-state index contributed by atoms with van der Waals surface area (Å²) in [5.74, 6) is -1.06. The van der Waals surface area contributed by atoms with E-state index < -0.39 is 23.7 Å². The van der Waals surface area contributed by atoms with Crippen molar-refractivity contribution in [2.45, 2.75) is 77.4 Å². The zero-order chi connectivity index (χ0) is 17.5. The number of aliphatic hydroxyl groups excluding tert-OH is 1. The second kappa shape index (κ2) is 8.48. The predicted octanol–water partition coefficient (Wildman–Crippen LogP) is 2.72. The van der Waals surface area contributed by atoms with Crippen molar-refractivity contribution < 1.29 is 19.4 Å². The Morgan fingerprint density at radius 1 is 1.26 bits per heavy atom. The van der Waals surface area contributed by atoms with E-state index in [0.717, 1.165) is 6.42 Å². The zero-order valence-corrected chi connectivity index (χ0v) is 14.9. The molecule has 1 aliphatic carbocycles. The molecule has 0 radical (unpaired) electrons. The molecule has 23 heavy (non-hydrogen) atoms. The Labute approximate surface area is 139 Å². The van der Waals surface area contributed by atoms with Gasteiger partial charge in [0.15, 0.2) is 5.60 Å². The van der Waals surface area contributed by atoms with Crippen molar-refractivity contribution in [2.24, 2.45) is 5.92 Å². The summed E-state index contributed by atoms with van der Waals surface area (Å²) >= 11 is 0. The van der Waals surface area contributed by atoms with E-state index in [1.54, 1.807) is 6.92 Å². The number of hydrogen-bond donors (Lipinski definition) is 2. The van der Waals surface area contributed by atoms with Gasteiger partial charge in [-0.15, -0.1) is 0 Å². The Kier molecular flexibility index (Phi) is 7.26. The number of aliphatic hydroxyl groups is 1. The highest BCUT2D eigenvalue weighted by molar-refractivity contribution is 6.01. The summed E-state index contributed by atoms with van der Waals surface area (Å²) in [5, 5.41) is 11.8. The summed E-state index contributed by atoms with van der Waals surface area (Å²) in [4.78, 5) is 23.1. The lowest BCUT2D eigenvalue weighted by molar-refractivity contribution is -0.225. The Bertz CT molecular complexity index is 440. The van der Waals surface area contributed by atoms with Crippen LogP contribution >= 0.6 is 0 Å². The van der Waals surface area contributed by atoms with Gasteiger partial charge in [0, 0.05) is 0 Å². The van der Waals surface area contributed by atoms with Crippen LogP contribution in [-0.2, 0) is 14.3 Å². The standard InChI is InChI=1S/C10H15NO4.C6H10.C2H6/c1-3-4-6-7(13)11-10(5-12)8(14)15-9(6,10)2;1-2-4-6-5-3-1;1-2/h6,12H,3-5H2,1-2H3,(H,11,13);1-2H,3-6H2;1-2H3/t6-,9-,10?;;/m0../s1. The Morgan fingerprint density at radius 3 is 2.13 bits per heavy atom. The largest absolute Gasteiger partial charge is 0.453 e. The molecule has 0 aromatic carbocycles. The number of carbonyl (C=O) groups excluding carboxylic acids is 2. The van der Waals surface area contributed by atoms with Crippen molar-refractivity contribution >= 4 is 11.9 Å². The van der Waals surface area contributed by atoms with Crippen molar-refractivity contribution in [3.05, 3.63) is 12.2 Å². The molecule has 3 aliphatic rings. The average molecular weight is 325 g/mol. The molecule has 3 rings (SSSR count). The lowest BCUT2D eigenvalue weighted by Gasteiger charge is -2.50. The molecule has 0 spiro atoms. The highest BCUT2D eigenvalue weighted by Gasteiger charge is 2.75. The molecule has 2 aliphatic heterocycles. The number of esters is 1. The summed E-state index contributed by atoms with van der Waals surface area (Å²) in [5.41, 5.74) is -2.06. The summed E-state index contributed by atoms with van der Waals surface area (Å²) in [6.45, 7) is 7.28. The third kappa shape index (κ3) is 3.44. The maximum atomic E-state index is 11.7. The van der Waals surface area contributed by atoms with Crippen LogP contribution in [0.25, 0.3) is 0 Å². The molecule has 2 N–H and O–H groups in total. The minimum absolute atomic E-state index is 0.195. The summed E-state index contributed by atoms with van der Waals surface area (Å²) in [6, 6.07) is 0. The second-order valence-electron chi connectivity index (χ2n) is 6.15. The van der Waals surface area contributed by atoms with Gasteiger partial charge < -0.3 is 15.2 Å². The van der Waals surface area contributed by atoms with Gasteiger partial charge in [0.25, 0.3) is 0 Å². The lowest BCUT2D eigenvalue weighted by atomic mass is 9.71. The van der Waals surface area contributed by atoms with Gasteiger partial charge in [-0.05, 0) is 39.0 Å². The average Bonchev–Trinajstić information content (AvgIpc) is 2.76. The van der Waals surface area contributed by atoms with E-state index in [9.17, 15) is 14.7 Å². The Hall–Kier alpha value is -1.36. The molecule has 5 heteroatoms. The van der Waals surface area contributed by atoms with Crippen LogP contribution < -0.4 is 5.32 Å². The predicted molar refractivity (Wildman–Crippen MR) is 89.8 cm³/mol. The molecule has 2 saturated heterocycles. The molecule has 2 heterocycles. The van der Waals surface area contributed by atoms with Crippen LogP contribution in [0.1, 0.15) is 66.2 Å². The summed E-state index contributed by atoms with van der Waals surface area (Å²) < 4.78 is 5.10. The molecule has 0 aromatic heterocycles. The lowest BCUT2D eigenvalue weighted by Crippen LogP contribution is -2.76. The molecule has 0 aromatic rings. The molecule has 5 nitrogen and oxygen atoms in total. The van der Waals surface area contributed by atoms with Crippen LogP contribution in [-0.4, -0.2) is 34.7 Å². The number of fused-ring (bicyclic) bond motifs is 1. The fraction of sp³-hybridized carbons (Fsp3) is 0.778. The maximum Gasteiger partial charge on any atom is 0.339 e. The normalized spacial score (nSPS) is 33.9. The number of nitrogens with one attached hydrogen (secondary N) is 1. The van der Waals surface area contributed by atoms with Gasteiger partial charge in [0.2, 0.25) is 11.4 Å². The SMILES string of the molecule is C1=CCCCC1.CC.CCC[C@H]1C(=O)NC2(CO)C(=O)O[C@@]12C. The van der Waals surface area contributed by atoms with Crippen LogP contribution in [0.5, 0.6) is 0 Å². The van der Waals surface area contributed by atoms with E-state index in [0.29, 0.717) is 6.42 Å². The first-order chi connectivity index (χ1) is 11.0.